The first-order valence-electron chi connectivity index (χ1n) is 8.28. The first-order chi connectivity index (χ1) is 12.1. The molecule has 2 heterocycles. The summed E-state index contributed by atoms with van der Waals surface area (Å²) in [5, 5.41) is 19.9. The van der Waals surface area contributed by atoms with Crippen LogP contribution in [0.15, 0.2) is 30.6 Å². The number of hydrogen-bond donors (Lipinski definition) is 3. The number of hydrogen-bond acceptors (Lipinski definition) is 4. The molecule has 1 saturated carbocycles. The number of benzene rings is 1. The fraction of sp³-hybridized carbons (Fsp3) is 0.353. The number of amides is 1. The van der Waals surface area contributed by atoms with E-state index in [1.165, 1.54) is 12.1 Å². The Labute approximate surface area is 142 Å². The lowest BCUT2D eigenvalue weighted by Gasteiger charge is -2.29. The third-order valence-electron chi connectivity index (χ3n) is 4.68. The molecule has 3 aromatic rings. The summed E-state index contributed by atoms with van der Waals surface area (Å²) in [7, 11) is 0. The van der Waals surface area contributed by atoms with Gasteiger partial charge in [0, 0.05) is 29.6 Å². The van der Waals surface area contributed by atoms with Crippen LogP contribution in [-0.4, -0.2) is 37.9 Å². The molecule has 1 aliphatic carbocycles. The lowest BCUT2D eigenvalue weighted by molar-refractivity contribution is 0.185. The smallest absolute Gasteiger partial charge is 0.404 e. The summed E-state index contributed by atoms with van der Waals surface area (Å²) in [5.41, 5.74) is 1.47. The number of anilines is 1. The van der Waals surface area contributed by atoms with Crippen molar-refractivity contribution in [1.82, 2.24) is 19.9 Å². The van der Waals surface area contributed by atoms with Gasteiger partial charge in [-0.15, -0.1) is 0 Å². The lowest BCUT2D eigenvalue weighted by atomic mass is 9.91. The molecule has 8 heteroatoms. The van der Waals surface area contributed by atoms with E-state index in [0.29, 0.717) is 5.52 Å². The Morgan fingerprint density at radius 1 is 1.20 bits per heavy atom. The molecule has 1 aliphatic rings. The summed E-state index contributed by atoms with van der Waals surface area (Å²) in [6, 6.07) is 6.75. The molecular formula is C17H18FN5O2. The zero-order valence-corrected chi connectivity index (χ0v) is 13.4. The third-order valence-corrected chi connectivity index (χ3v) is 4.68. The molecule has 7 nitrogen and oxygen atoms in total. The SMILES string of the molecule is O=C(O)N[C@H]1CC[C@H](Nc2cc3c4ccc(F)cc4nn3cn2)CC1. The number of carbonyl (C=O) groups is 1. The van der Waals surface area contributed by atoms with E-state index >= 15 is 0 Å². The number of nitrogens with zero attached hydrogens (tertiary/aromatic N) is 3. The van der Waals surface area contributed by atoms with Crippen LogP contribution in [0.2, 0.25) is 0 Å². The highest BCUT2D eigenvalue weighted by Gasteiger charge is 2.22. The molecule has 0 atom stereocenters. The van der Waals surface area contributed by atoms with Gasteiger partial charge in [-0.25, -0.2) is 18.7 Å². The van der Waals surface area contributed by atoms with Crippen LogP contribution in [0.4, 0.5) is 15.0 Å². The molecule has 130 valence electrons. The molecule has 0 bridgehead atoms. The van der Waals surface area contributed by atoms with Gasteiger partial charge in [0.2, 0.25) is 0 Å². The topological polar surface area (TPSA) is 91.5 Å². The summed E-state index contributed by atoms with van der Waals surface area (Å²) in [6.07, 6.45) is 4.02. The fourth-order valence-corrected chi connectivity index (χ4v) is 3.46. The molecule has 1 amide bonds. The van der Waals surface area contributed by atoms with Crippen molar-refractivity contribution in [3.05, 3.63) is 36.4 Å². The highest BCUT2D eigenvalue weighted by atomic mass is 19.1. The number of nitrogens with one attached hydrogen (secondary N) is 2. The minimum atomic E-state index is -0.965. The number of fused-ring (bicyclic) bond motifs is 3. The Morgan fingerprint density at radius 3 is 2.72 bits per heavy atom. The van der Waals surface area contributed by atoms with Crippen LogP contribution in [-0.2, 0) is 0 Å². The molecule has 25 heavy (non-hydrogen) atoms. The maximum absolute atomic E-state index is 13.3. The van der Waals surface area contributed by atoms with Crippen molar-refractivity contribution in [3.8, 4) is 0 Å². The molecule has 0 unspecified atom stereocenters. The van der Waals surface area contributed by atoms with Gasteiger partial charge in [0.1, 0.15) is 18.0 Å². The summed E-state index contributed by atoms with van der Waals surface area (Å²) >= 11 is 0. The van der Waals surface area contributed by atoms with E-state index in [1.54, 1.807) is 16.9 Å². The number of aromatic nitrogens is 3. The van der Waals surface area contributed by atoms with Crippen molar-refractivity contribution >= 4 is 28.3 Å². The van der Waals surface area contributed by atoms with Crippen molar-refractivity contribution in [1.29, 1.82) is 0 Å². The first-order valence-corrected chi connectivity index (χ1v) is 8.28. The summed E-state index contributed by atoms with van der Waals surface area (Å²) < 4.78 is 15.0. The van der Waals surface area contributed by atoms with Gasteiger partial charge in [-0.3, -0.25) is 0 Å². The average Bonchev–Trinajstić information content (AvgIpc) is 2.93. The summed E-state index contributed by atoms with van der Waals surface area (Å²) in [5.74, 6) is 0.433. The van der Waals surface area contributed by atoms with Crippen molar-refractivity contribution in [2.45, 2.75) is 37.8 Å². The summed E-state index contributed by atoms with van der Waals surface area (Å²) in [4.78, 5) is 15.1. The van der Waals surface area contributed by atoms with Crippen molar-refractivity contribution < 1.29 is 14.3 Å². The van der Waals surface area contributed by atoms with Crippen LogP contribution >= 0.6 is 0 Å². The van der Waals surface area contributed by atoms with E-state index in [0.717, 1.165) is 42.4 Å². The highest BCUT2D eigenvalue weighted by molar-refractivity contribution is 5.94. The predicted molar refractivity (Wildman–Crippen MR) is 91.3 cm³/mol. The first kappa shape index (κ1) is 15.6. The maximum Gasteiger partial charge on any atom is 0.404 e. The zero-order chi connectivity index (χ0) is 17.4. The standard InChI is InChI=1S/C17H18FN5O2/c18-10-1-6-13-14(7-10)22-23-9-19-16(8-15(13)23)20-11-2-4-12(5-3-11)21-17(24)25/h1,6-9,11-12,20-21H,2-5H2,(H,24,25)/t11-,12-. The Bertz CT molecular complexity index is 933. The van der Waals surface area contributed by atoms with Gasteiger partial charge in [0.15, 0.2) is 0 Å². The largest absolute Gasteiger partial charge is 0.465 e. The van der Waals surface area contributed by atoms with E-state index in [1.807, 2.05) is 6.07 Å². The molecule has 0 spiro atoms. The molecule has 0 saturated heterocycles. The van der Waals surface area contributed by atoms with Crippen LogP contribution in [0.3, 0.4) is 0 Å². The second-order valence-corrected chi connectivity index (χ2v) is 6.41. The minimum Gasteiger partial charge on any atom is -0.465 e. The van der Waals surface area contributed by atoms with E-state index in [-0.39, 0.29) is 17.9 Å². The molecule has 3 N–H and O–H groups in total. The van der Waals surface area contributed by atoms with Gasteiger partial charge < -0.3 is 15.7 Å². The van der Waals surface area contributed by atoms with Crippen LogP contribution in [0, 0.1) is 5.82 Å². The number of rotatable bonds is 3. The Morgan fingerprint density at radius 2 is 1.96 bits per heavy atom. The minimum absolute atomic E-state index is 0.0275. The fourth-order valence-electron chi connectivity index (χ4n) is 3.46. The second kappa shape index (κ2) is 6.19. The molecule has 0 radical (unpaired) electrons. The lowest BCUT2D eigenvalue weighted by Crippen LogP contribution is -2.39. The van der Waals surface area contributed by atoms with Gasteiger partial charge in [-0.2, -0.15) is 5.10 Å². The molecule has 0 aliphatic heterocycles. The van der Waals surface area contributed by atoms with Crippen LogP contribution in [0.1, 0.15) is 25.7 Å². The molecular weight excluding hydrogens is 325 g/mol. The van der Waals surface area contributed by atoms with Gasteiger partial charge >= 0.3 is 6.09 Å². The van der Waals surface area contributed by atoms with Crippen molar-refractivity contribution in [2.75, 3.05) is 5.32 Å². The number of halogens is 1. The van der Waals surface area contributed by atoms with E-state index < -0.39 is 6.09 Å². The molecule has 1 aromatic carbocycles. The molecule has 2 aromatic heterocycles. The maximum atomic E-state index is 13.3. The normalized spacial score (nSPS) is 20.7. The Balaban J connectivity index is 1.51. The number of carboxylic acid groups (broad SMARTS) is 1. The van der Waals surface area contributed by atoms with Gasteiger partial charge in [0.25, 0.3) is 0 Å². The van der Waals surface area contributed by atoms with E-state index in [9.17, 15) is 9.18 Å². The Kier molecular flexibility index (Phi) is 3.87. The zero-order valence-electron chi connectivity index (χ0n) is 13.4. The quantitative estimate of drug-likeness (QED) is 0.680. The predicted octanol–water partition coefficient (Wildman–Crippen LogP) is 3.01. The van der Waals surface area contributed by atoms with Crippen LogP contribution in [0.25, 0.3) is 16.4 Å². The van der Waals surface area contributed by atoms with E-state index in [2.05, 4.69) is 20.7 Å². The van der Waals surface area contributed by atoms with Gasteiger partial charge in [-0.1, -0.05) is 0 Å². The van der Waals surface area contributed by atoms with Gasteiger partial charge in [-0.05, 0) is 37.8 Å². The molecule has 1 fully saturated rings. The van der Waals surface area contributed by atoms with E-state index in [4.69, 9.17) is 5.11 Å². The second-order valence-electron chi connectivity index (χ2n) is 6.41. The van der Waals surface area contributed by atoms with Crippen molar-refractivity contribution in [3.63, 3.8) is 0 Å². The monoisotopic (exact) mass is 343 g/mol. The molecule has 4 rings (SSSR count). The van der Waals surface area contributed by atoms with Crippen LogP contribution < -0.4 is 10.6 Å². The van der Waals surface area contributed by atoms with Crippen LogP contribution in [0.5, 0.6) is 0 Å². The summed E-state index contributed by atoms with van der Waals surface area (Å²) in [6.45, 7) is 0. The highest BCUT2D eigenvalue weighted by Crippen LogP contribution is 2.25. The average molecular weight is 343 g/mol. The van der Waals surface area contributed by atoms with Gasteiger partial charge in [0.05, 0.1) is 11.0 Å². The third kappa shape index (κ3) is 3.19. The Hall–Kier alpha value is -2.90. The van der Waals surface area contributed by atoms with Crippen molar-refractivity contribution in [2.24, 2.45) is 0 Å².